The number of rotatable bonds is 1. The van der Waals surface area contributed by atoms with Crippen LogP contribution in [0, 0.1) is 0 Å². The van der Waals surface area contributed by atoms with Crippen molar-refractivity contribution in [3.05, 3.63) is 30.2 Å². The predicted molar refractivity (Wildman–Crippen MR) is 47.1 cm³/mol. The molecule has 0 unspecified atom stereocenters. The minimum atomic E-state index is 0.548. The summed E-state index contributed by atoms with van der Waals surface area (Å²) in [4.78, 5) is 4.11. The average Bonchev–Trinajstić information content (AvgIpc) is 2.49. The van der Waals surface area contributed by atoms with Gasteiger partial charge in [0, 0.05) is 6.20 Å². The van der Waals surface area contributed by atoms with E-state index in [1.54, 1.807) is 10.8 Å². The SMILES string of the molecule is CC(C)c1ccn2ncnc2c1. The lowest BCUT2D eigenvalue weighted by atomic mass is 10.1. The van der Waals surface area contributed by atoms with Gasteiger partial charge in [-0.25, -0.2) is 9.50 Å². The lowest BCUT2D eigenvalue weighted by Crippen LogP contribution is -1.91. The van der Waals surface area contributed by atoms with Crippen LogP contribution in [0.4, 0.5) is 0 Å². The highest BCUT2D eigenvalue weighted by Crippen LogP contribution is 2.14. The van der Waals surface area contributed by atoms with Crippen LogP contribution >= 0.6 is 0 Å². The maximum Gasteiger partial charge on any atom is 0.155 e. The van der Waals surface area contributed by atoms with Crippen LogP contribution in [0.3, 0.4) is 0 Å². The van der Waals surface area contributed by atoms with Crippen LogP contribution in [0.5, 0.6) is 0 Å². The van der Waals surface area contributed by atoms with E-state index in [1.807, 2.05) is 6.20 Å². The average molecular weight is 161 g/mol. The number of hydrogen-bond donors (Lipinski definition) is 0. The zero-order valence-electron chi connectivity index (χ0n) is 7.23. The highest BCUT2D eigenvalue weighted by atomic mass is 15.3. The molecule has 2 aromatic rings. The Labute approximate surface area is 71.1 Å². The highest BCUT2D eigenvalue weighted by molar-refractivity contribution is 5.40. The maximum atomic E-state index is 4.11. The zero-order valence-corrected chi connectivity index (χ0v) is 7.23. The Hall–Kier alpha value is -1.38. The molecular formula is C9H11N3. The van der Waals surface area contributed by atoms with Gasteiger partial charge in [-0.05, 0) is 23.6 Å². The molecule has 0 saturated heterocycles. The molecule has 0 bridgehead atoms. The zero-order chi connectivity index (χ0) is 8.55. The van der Waals surface area contributed by atoms with Crippen LogP contribution in [0.25, 0.3) is 5.65 Å². The van der Waals surface area contributed by atoms with Crippen LogP contribution in [0.15, 0.2) is 24.7 Å². The first-order valence-corrected chi connectivity index (χ1v) is 4.06. The van der Waals surface area contributed by atoms with Gasteiger partial charge in [0.1, 0.15) is 6.33 Å². The molecule has 0 aliphatic heterocycles. The number of pyridine rings is 1. The van der Waals surface area contributed by atoms with Gasteiger partial charge in [-0.15, -0.1) is 0 Å². The molecule has 0 saturated carbocycles. The minimum absolute atomic E-state index is 0.548. The summed E-state index contributed by atoms with van der Waals surface area (Å²) in [5.74, 6) is 0.548. The van der Waals surface area contributed by atoms with E-state index >= 15 is 0 Å². The van der Waals surface area contributed by atoms with Gasteiger partial charge in [0.15, 0.2) is 5.65 Å². The minimum Gasteiger partial charge on any atom is -0.221 e. The standard InChI is InChI=1S/C9H11N3/c1-7(2)8-3-4-12-9(5-8)10-6-11-12/h3-7H,1-2H3. The molecule has 3 heteroatoms. The summed E-state index contributed by atoms with van der Waals surface area (Å²) in [6.45, 7) is 4.34. The van der Waals surface area contributed by atoms with Gasteiger partial charge in [0.25, 0.3) is 0 Å². The molecule has 0 atom stereocenters. The quantitative estimate of drug-likeness (QED) is 0.639. The third-order valence-corrected chi connectivity index (χ3v) is 1.97. The van der Waals surface area contributed by atoms with E-state index in [0.29, 0.717) is 5.92 Å². The van der Waals surface area contributed by atoms with Gasteiger partial charge in [-0.2, -0.15) is 5.10 Å². The van der Waals surface area contributed by atoms with E-state index in [0.717, 1.165) is 5.65 Å². The summed E-state index contributed by atoms with van der Waals surface area (Å²) in [6.07, 6.45) is 3.51. The lowest BCUT2D eigenvalue weighted by Gasteiger charge is -2.03. The Morgan fingerprint density at radius 3 is 3.00 bits per heavy atom. The van der Waals surface area contributed by atoms with Gasteiger partial charge in [0.05, 0.1) is 0 Å². The predicted octanol–water partition coefficient (Wildman–Crippen LogP) is 1.85. The largest absolute Gasteiger partial charge is 0.221 e. The molecule has 0 spiro atoms. The van der Waals surface area contributed by atoms with Crippen LogP contribution in [0.1, 0.15) is 25.3 Å². The first-order valence-electron chi connectivity index (χ1n) is 4.06. The van der Waals surface area contributed by atoms with Gasteiger partial charge in [0.2, 0.25) is 0 Å². The second kappa shape index (κ2) is 2.59. The van der Waals surface area contributed by atoms with Crippen LogP contribution in [0.2, 0.25) is 0 Å². The second-order valence-electron chi connectivity index (χ2n) is 3.18. The lowest BCUT2D eigenvalue weighted by molar-refractivity contribution is 0.855. The fraction of sp³-hybridized carbons (Fsp3) is 0.333. The van der Waals surface area contributed by atoms with Crippen molar-refractivity contribution in [3.8, 4) is 0 Å². The number of nitrogens with zero attached hydrogens (tertiary/aromatic N) is 3. The Morgan fingerprint density at radius 2 is 2.25 bits per heavy atom. The Balaban J connectivity index is 2.60. The molecule has 62 valence electrons. The number of fused-ring (bicyclic) bond motifs is 1. The molecule has 2 heterocycles. The molecule has 0 aliphatic carbocycles. The third kappa shape index (κ3) is 1.07. The van der Waals surface area contributed by atoms with Crippen molar-refractivity contribution >= 4 is 5.65 Å². The topological polar surface area (TPSA) is 30.2 Å². The third-order valence-electron chi connectivity index (χ3n) is 1.97. The van der Waals surface area contributed by atoms with Crippen LogP contribution in [-0.4, -0.2) is 14.6 Å². The summed E-state index contributed by atoms with van der Waals surface area (Å²) >= 11 is 0. The molecule has 2 rings (SSSR count). The van der Waals surface area contributed by atoms with Crippen molar-refractivity contribution in [2.75, 3.05) is 0 Å². The van der Waals surface area contributed by atoms with Crippen molar-refractivity contribution in [2.45, 2.75) is 19.8 Å². The molecular weight excluding hydrogens is 150 g/mol. The molecule has 0 aliphatic rings. The monoisotopic (exact) mass is 161 g/mol. The summed E-state index contributed by atoms with van der Waals surface area (Å²) in [5.41, 5.74) is 2.22. The van der Waals surface area contributed by atoms with Crippen LogP contribution < -0.4 is 0 Å². The van der Waals surface area contributed by atoms with E-state index in [2.05, 4.69) is 36.1 Å². The van der Waals surface area contributed by atoms with Gasteiger partial charge in [-0.1, -0.05) is 13.8 Å². The van der Waals surface area contributed by atoms with E-state index in [4.69, 9.17) is 0 Å². The molecule has 3 nitrogen and oxygen atoms in total. The summed E-state index contributed by atoms with van der Waals surface area (Å²) in [6, 6.07) is 4.14. The molecule has 0 amide bonds. The Morgan fingerprint density at radius 1 is 1.42 bits per heavy atom. The van der Waals surface area contributed by atoms with Gasteiger partial charge >= 0.3 is 0 Å². The summed E-state index contributed by atoms with van der Waals surface area (Å²) in [5, 5.41) is 4.02. The fourth-order valence-corrected chi connectivity index (χ4v) is 1.19. The van der Waals surface area contributed by atoms with Crippen LogP contribution in [-0.2, 0) is 0 Å². The fourth-order valence-electron chi connectivity index (χ4n) is 1.19. The maximum absolute atomic E-state index is 4.11. The number of aromatic nitrogens is 3. The molecule has 0 N–H and O–H groups in total. The second-order valence-corrected chi connectivity index (χ2v) is 3.18. The Bertz CT molecular complexity index is 389. The van der Waals surface area contributed by atoms with Gasteiger partial charge in [-0.3, -0.25) is 0 Å². The molecule has 2 aromatic heterocycles. The van der Waals surface area contributed by atoms with Crippen molar-refractivity contribution in [2.24, 2.45) is 0 Å². The van der Waals surface area contributed by atoms with Crippen molar-refractivity contribution in [3.63, 3.8) is 0 Å². The first kappa shape index (κ1) is 7.28. The van der Waals surface area contributed by atoms with E-state index in [1.165, 1.54) is 5.56 Å². The molecule has 0 aromatic carbocycles. The van der Waals surface area contributed by atoms with Crippen molar-refractivity contribution < 1.29 is 0 Å². The molecule has 12 heavy (non-hydrogen) atoms. The summed E-state index contributed by atoms with van der Waals surface area (Å²) in [7, 11) is 0. The Kier molecular flexibility index (Phi) is 1.57. The summed E-state index contributed by atoms with van der Waals surface area (Å²) < 4.78 is 1.77. The van der Waals surface area contributed by atoms with Crippen molar-refractivity contribution in [1.29, 1.82) is 0 Å². The molecule has 0 fully saturated rings. The number of hydrogen-bond acceptors (Lipinski definition) is 2. The van der Waals surface area contributed by atoms with Gasteiger partial charge < -0.3 is 0 Å². The first-order chi connectivity index (χ1) is 5.77. The van der Waals surface area contributed by atoms with Crippen molar-refractivity contribution in [1.82, 2.24) is 14.6 Å². The normalized spacial score (nSPS) is 11.2. The van der Waals surface area contributed by atoms with E-state index in [9.17, 15) is 0 Å². The molecule has 0 radical (unpaired) electrons. The highest BCUT2D eigenvalue weighted by Gasteiger charge is 2.00. The van der Waals surface area contributed by atoms with E-state index in [-0.39, 0.29) is 0 Å². The smallest absolute Gasteiger partial charge is 0.155 e. The van der Waals surface area contributed by atoms with E-state index < -0.39 is 0 Å².